The topological polar surface area (TPSA) is 128 Å². The summed E-state index contributed by atoms with van der Waals surface area (Å²) in [7, 11) is 0. The third kappa shape index (κ3) is 8.60. The fourth-order valence-corrected chi connectivity index (χ4v) is 3.49. The molecule has 2 atom stereocenters. The molecule has 0 bridgehead atoms. The molecule has 0 aliphatic rings. The number of aliphatic hydroxyl groups excluding tert-OH is 1. The van der Waals surface area contributed by atoms with E-state index in [2.05, 4.69) is 10.6 Å². The summed E-state index contributed by atoms with van der Waals surface area (Å²) in [5, 5.41) is 25.2. The highest BCUT2D eigenvalue weighted by atomic mass is 16.6. The van der Waals surface area contributed by atoms with E-state index in [1.807, 2.05) is 37.3 Å². The number of carbonyl (C=O) groups is 3. The SMILES string of the molecule is CCCN(C(=O)C(CO)NC(=O)OC(C)(C)C)C(C(=O)NCc1ccccc1)c1cccc(O)c1. The van der Waals surface area contributed by atoms with Crippen molar-refractivity contribution in [3.05, 3.63) is 65.7 Å². The molecule has 0 spiro atoms. The molecule has 2 aromatic rings. The molecule has 9 nitrogen and oxygen atoms in total. The summed E-state index contributed by atoms with van der Waals surface area (Å²) in [6.45, 7) is 6.61. The van der Waals surface area contributed by atoms with Gasteiger partial charge in [-0.15, -0.1) is 0 Å². The largest absolute Gasteiger partial charge is 0.508 e. The number of ether oxygens (including phenoxy) is 1. The number of hydrogen-bond acceptors (Lipinski definition) is 6. The number of alkyl carbamates (subject to hydrolysis) is 1. The third-order valence-corrected chi connectivity index (χ3v) is 4.97. The Morgan fingerprint density at radius 3 is 2.31 bits per heavy atom. The molecule has 0 aliphatic heterocycles. The van der Waals surface area contributed by atoms with Crippen LogP contribution in [0.2, 0.25) is 0 Å². The van der Waals surface area contributed by atoms with Crippen molar-refractivity contribution in [1.29, 1.82) is 0 Å². The van der Waals surface area contributed by atoms with Gasteiger partial charge in [0.2, 0.25) is 11.8 Å². The van der Waals surface area contributed by atoms with Gasteiger partial charge in [0.15, 0.2) is 0 Å². The van der Waals surface area contributed by atoms with E-state index in [1.54, 1.807) is 32.9 Å². The van der Waals surface area contributed by atoms with E-state index in [0.717, 1.165) is 5.56 Å². The fourth-order valence-electron chi connectivity index (χ4n) is 3.49. The first-order chi connectivity index (χ1) is 16.6. The van der Waals surface area contributed by atoms with Crippen molar-refractivity contribution in [3.63, 3.8) is 0 Å². The molecule has 2 unspecified atom stereocenters. The van der Waals surface area contributed by atoms with Crippen LogP contribution in [-0.4, -0.2) is 57.8 Å². The Kier molecular flexibility index (Phi) is 10.1. The molecule has 0 saturated carbocycles. The molecule has 0 aromatic heterocycles. The van der Waals surface area contributed by atoms with Gasteiger partial charge in [0.25, 0.3) is 0 Å². The van der Waals surface area contributed by atoms with Crippen LogP contribution in [0.25, 0.3) is 0 Å². The van der Waals surface area contributed by atoms with Crippen molar-refractivity contribution in [1.82, 2.24) is 15.5 Å². The lowest BCUT2D eigenvalue weighted by molar-refractivity contribution is -0.143. The molecule has 0 saturated heterocycles. The fraction of sp³-hybridized carbons (Fsp3) is 0.423. The van der Waals surface area contributed by atoms with E-state index in [9.17, 15) is 24.6 Å². The number of hydrogen-bond donors (Lipinski definition) is 4. The van der Waals surface area contributed by atoms with E-state index in [-0.39, 0.29) is 18.8 Å². The van der Waals surface area contributed by atoms with E-state index in [1.165, 1.54) is 17.0 Å². The molecule has 4 N–H and O–H groups in total. The summed E-state index contributed by atoms with van der Waals surface area (Å²) in [5.74, 6) is -1.17. The summed E-state index contributed by atoms with van der Waals surface area (Å²) in [5.41, 5.74) is 0.479. The van der Waals surface area contributed by atoms with Crippen molar-refractivity contribution in [3.8, 4) is 5.75 Å². The minimum Gasteiger partial charge on any atom is -0.508 e. The zero-order valence-electron chi connectivity index (χ0n) is 20.7. The summed E-state index contributed by atoms with van der Waals surface area (Å²) in [6, 6.07) is 13.0. The van der Waals surface area contributed by atoms with Crippen LogP contribution in [0.15, 0.2) is 54.6 Å². The Labute approximate surface area is 206 Å². The van der Waals surface area contributed by atoms with Crippen LogP contribution in [0, 0.1) is 0 Å². The van der Waals surface area contributed by atoms with Crippen LogP contribution in [0.4, 0.5) is 4.79 Å². The summed E-state index contributed by atoms with van der Waals surface area (Å²) in [6.07, 6.45) is -0.346. The van der Waals surface area contributed by atoms with Crippen molar-refractivity contribution in [2.24, 2.45) is 0 Å². The number of aromatic hydroxyl groups is 1. The first-order valence-electron chi connectivity index (χ1n) is 11.6. The molecule has 9 heteroatoms. The quantitative estimate of drug-likeness (QED) is 0.410. The summed E-state index contributed by atoms with van der Waals surface area (Å²) in [4.78, 5) is 40.5. The van der Waals surface area contributed by atoms with Crippen LogP contribution in [-0.2, 0) is 20.9 Å². The van der Waals surface area contributed by atoms with Crippen LogP contribution in [0.3, 0.4) is 0 Å². The highest BCUT2D eigenvalue weighted by Crippen LogP contribution is 2.26. The molecule has 3 amide bonds. The van der Waals surface area contributed by atoms with Crippen LogP contribution in [0.1, 0.15) is 51.3 Å². The normalized spacial score (nSPS) is 12.8. The maximum atomic E-state index is 13.5. The average Bonchev–Trinajstić information content (AvgIpc) is 2.80. The van der Waals surface area contributed by atoms with Gasteiger partial charge in [-0.05, 0) is 50.5 Å². The van der Waals surface area contributed by atoms with Gasteiger partial charge >= 0.3 is 6.09 Å². The van der Waals surface area contributed by atoms with Gasteiger partial charge in [-0.1, -0.05) is 49.4 Å². The van der Waals surface area contributed by atoms with Crippen LogP contribution in [0.5, 0.6) is 5.75 Å². The lowest BCUT2D eigenvalue weighted by Gasteiger charge is -2.34. The Balaban J connectivity index is 2.35. The second-order valence-electron chi connectivity index (χ2n) is 9.11. The Hall–Kier alpha value is -3.59. The zero-order valence-corrected chi connectivity index (χ0v) is 20.7. The number of rotatable bonds is 10. The van der Waals surface area contributed by atoms with Crippen molar-refractivity contribution >= 4 is 17.9 Å². The van der Waals surface area contributed by atoms with Crippen LogP contribution < -0.4 is 10.6 Å². The highest BCUT2D eigenvalue weighted by Gasteiger charge is 2.35. The van der Waals surface area contributed by atoms with Gasteiger partial charge in [-0.3, -0.25) is 9.59 Å². The predicted molar refractivity (Wildman–Crippen MR) is 131 cm³/mol. The summed E-state index contributed by atoms with van der Waals surface area (Å²) >= 11 is 0. The predicted octanol–water partition coefficient (Wildman–Crippen LogP) is 2.87. The zero-order chi connectivity index (χ0) is 26.0. The number of amides is 3. The average molecular weight is 486 g/mol. The number of nitrogens with zero attached hydrogens (tertiary/aromatic N) is 1. The van der Waals surface area contributed by atoms with Gasteiger partial charge in [-0.25, -0.2) is 4.79 Å². The Morgan fingerprint density at radius 2 is 1.74 bits per heavy atom. The molecule has 0 heterocycles. The molecular formula is C26H35N3O6. The Morgan fingerprint density at radius 1 is 1.06 bits per heavy atom. The first-order valence-corrected chi connectivity index (χ1v) is 11.6. The van der Waals surface area contributed by atoms with E-state index < -0.39 is 42.2 Å². The molecule has 35 heavy (non-hydrogen) atoms. The number of phenolic OH excluding ortho intramolecular Hbond substituents is 1. The second-order valence-corrected chi connectivity index (χ2v) is 9.11. The highest BCUT2D eigenvalue weighted by molar-refractivity contribution is 5.92. The van der Waals surface area contributed by atoms with Gasteiger partial charge < -0.3 is 30.5 Å². The lowest BCUT2D eigenvalue weighted by atomic mass is 10.0. The van der Waals surface area contributed by atoms with E-state index in [0.29, 0.717) is 12.0 Å². The molecule has 2 rings (SSSR count). The monoisotopic (exact) mass is 485 g/mol. The number of benzene rings is 2. The standard InChI is InChI=1S/C26H35N3O6/c1-5-14-29(24(33)21(17-30)28-25(34)35-26(2,3)4)22(19-12-9-13-20(31)15-19)23(32)27-16-18-10-7-6-8-11-18/h6-13,15,21-22,30-31H,5,14,16-17H2,1-4H3,(H,27,32)(H,28,34). The van der Waals surface area contributed by atoms with Crippen molar-refractivity contribution < 1.29 is 29.3 Å². The maximum Gasteiger partial charge on any atom is 0.408 e. The number of nitrogens with one attached hydrogen (secondary N) is 2. The second kappa shape index (κ2) is 12.8. The minimum atomic E-state index is -1.32. The first kappa shape index (κ1) is 27.7. The number of aliphatic hydroxyl groups is 1. The number of phenols is 1. The van der Waals surface area contributed by atoms with Crippen molar-refractivity contribution in [2.75, 3.05) is 13.2 Å². The number of carbonyl (C=O) groups excluding carboxylic acids is 3. The Bertz CT molecular complexity index is 990. The lowest BCUT2D eigenvalue weighted by Crippen LogP contribution is -2.54. The van der Waals surface area contributed by atoms with E-state index >= 15 is 0 Å². The molecule has 0 aliphatic carbocycles. The van der Waals surface area contributed by atoms with Gasteiger partial charge in [0.05, 0.1) is 6.61 Å². The summed E-state index contributed by atoms with van der Waals surface area (Å²) < 4.78 is 5.21. The molecule has 190 valence electrons. The van der Waals surface area contributed by atoms with Gasteiger partial charge in [-0.2, -0.15) is 0 Å². The molecule has 0 fully saturated rings. The molecular weight excluding hydrogens is 450 g/mol. The third-order valence-electron chi connectivity index (χ3n) is 4.97. The van der Waals surface area contributed by atoms with Crippen LogP contribution >= 0.6 is 0 Å². The molecule has 0 radical (unpaired) electrons. The minimum absolute atomic E-state index is 0.0576. The van der Waals surface area contributed by atoms with Gasteiger partial charge in [0.1, 0.15) is 23.4 Å². The smallest absolute Gasteiger partial charge is 0.408 e. The van der Waals surface area contributed by atoms with E-state index in [4.69, 9.17) is 4.74 Å². The maximum absolute atomic E-state index is 13.5. The molecule has 2 aromatic carbocycles. The van der Waals surface area contributed by atoms with Crippen molar-refractivity contribution in [2.45, 2.75) is 58.3 Å². The van der Waals surface area contributed by atoms with Gasteiger partial charge in [0, 0.05) is 13.1 Å².